The van der Waals surface area contributed by atoms with Crippen LogP contribution in [0.15, 0.2) is 22.7 Å². The van der Waals surface area contributed by atoms with Crippen molar-refractivity contribution in [1.29, 1.82) is 0 Å². The molecule has 19 heavy (non-hydrogen) atoms. The molecule has 5 nitrogen and oxygen atoms in total. The molecule has 106 valence electrons. The number of methoxy groups -OCH3 is 1. The summed E-state index contributed by atoms with van der Waals surface area (Å²) in [5.41, 5.74) is 0.674. The topological polar surface area (TPSA) is 70.6 Å². The number of halogens is 1. The van der Waals surface area contributed by atoms with E-state index in [0.717, 1.165) is 10.9 Å². The van der Waals surface area contributed by atoms with E-state index >= 15 is 0 Å². The molecule has 1 rings (SSSR count). The number of hydrogen-bond acceptors (Lipinski definition) is 3. The fourth-order valence-electron chi connectivity index (χ4n) is 1.58. The normalized spacial score (nSPS) is 11.8. The smallest absolute Gasteiger partial charge is 0.319 e. The van der Waals surface area contributed by atoms with Crippen LogP contribution in [-0.4, -0.2) is 30.9 Å². The Balaban J connectivity index is 2.52. The molecule has 0 saturated heterocycles. The van der Waals surface area contributed by atoms with E-state index in [1.165, 1.54) is 0 Å². The zero-order chi connectivity index (χ0) is 14.3. The largest absolute Gasteiger partial charge is 0.497 e. The molecule has 0 aromatic heterocycles. The Morgan fingerprint density at radius 3 is 2.84 bits per heavy atom. The lowest BCUT2D eigenvalue weighted by atomic mass is 10.2. The Kier molecular flexibility index (Phi) is 6.66. The van der Waals surface area contributed by atoms with E-state index in [2.05, 4.69) is 26.6 Å². The van der Waals surface area contributed by atoms with Crippen molar-refractivity contribution in [1.82, 2.24) is 5.32 Å². The summed E-state index contributed by atoms with van der Waals surface area (Å²) in [6.07, 6.45) is 1.42. The molecule has 0 fully saturated rings. The van der Waals surface area contributed by atoms with Crippen LogP contribution in [0.25, 0.3) is 0 Å². The van der Waals surface area contributed by atoms with Gasteiger partial charge in [0.05, 0.1) is 12.8 Å². The van der Waals surface area contributed by atoms with Crippen LogP contribution in [0.4, 0.5) is 10.5 Å². The highest BCUT2D eigenvalue weighted by Crippen LogP contribution is 2.26. The Hall–Kier alpha value is -1.27. The van der Waals surface area contributed by atoms with Crippen molar-refractivity contribution >= 4 is 27.6 Å². The third kappa shape index (κ3) is 5.48. The van der Waals surface area contributed by atoms with Crippen LogP contribution < -0.4 is 15.4 Å². The number of hydrogen-bond donors (Lipinski definition) is 3. The van der Waals surface area contributed by atoms with Crippen molar-refractivity contribution < 1.29 is 14.6 Å². The van der Waals surface area contributed by atoms with Crippen molar-refractivity contribution in [2.45, 2.75) is 25.8 Å². The fourth-order valence-corrected chi connectivity index (χ4v) is 2.03. The number of urea groups is 1. The van der Waals surface area contributed by atoms with Crippen molar-refractivity contribution in [2.75, 3.05) is 19.0 Å². The van der Waals surface area contributed by atoms with Crippen molar-refractivity contribution in [3.05, 3.63) is 22.7 Å². The summed E-state index contributed by atoms with van der Waals surface area (Å²) in [5, 5.41) is 14.3. The van der Waals surface area contributed by atoms with Gasteiger partial charge in [-0.2, -0.15) is 0 Å². The van der Waals surface area contributed by atoms with Gasteiger partial charge in [0.2, 0.25) is 0 Å². The third-order valence-corrected chi connectivity index (χ3v) is 3.25. The van der Waals surface area contributed by atoms with Crippen LogP contribution >= 0.6 is 15.9 Å². The molecule has 1 aromatic carbocycles. The van der Waals surface area contributed by atoms with Gasteiger partial charge in [-0.25, -0.2) is 4.79 Å². The van der Waals surface area contributed by atoms with Crippen LogP contribution in [0, 0.1) is 0 Å². The second kappa shape index (κ2) is 8.01. The molecule has 0 aliphatic heterocycles. The number of carbonyl (C=O) groups excluding carboxylic acids is 1. The van der Waals surface area contributed by atoms with E-state index < -0.39 is 0 Å². The minimum absolute atomic E-state index is 0.0178. The van der Waals surface area contributed by atoms with Crippen LogP contribution in [0.1, 0.15) is 19.8 Å². The minimum atomic E-state index is -0.267. The monoisotopic (exact) mass is 330 g/mol. The predicted octanol–water partition coefficient (Wildman–Crippen LogP) is 2.74. The van der Waals surface area contributed by atoms with Gasteiger partial charge in [-0.3, -0.25) is 0 Å². The third-order valence-electron chi connectivity index (χ3n) is 2.60. The number of carbonyl (C=O) groups is 1. The zero-order valence-electron chi connectivity index (χ0n) is 11.1. The van der Waals surface area contributed by atoms with Gasteiger partial charge in [-0.15, -0.1) is 0 Å². The Morgan fingerprint density at radius 2 is 2.26 bits per heavy atom. The quantitative estimate of drug-likeness (QED) is 0.751. The lowest BCUT2D eigenvalue weighted by Crippen LogP contribution is -2.36. The highest BCUT2D eigenvalue weighted by molar-refractivity contribution is 9.10. The summed E-state index contributed by atoms with van der Waals surface area (Å²) in [6.45, 7) is 2.04. The summed E-state index contributed by atoms with van der Waals surface area (Å²) in [5.74, 6) is 0.717. The van der Waals surface area contributed by atoms with E-state index in [4.69, 9.17) is 9.84 Å². The van der Waals surface area contributed by atoms with Crippen molar-refractivity contribution in [3.63, 3.8) is 0 Å². The van der Waals surface area contributed by atoms with Crippen LogP contribution in [0.3, 0.4) is 0 Å². The average Bonchev–Trinajstić information content (AvgIpc) is 2.38. The molecular weight excluding hydrogens is 312 g/mol. The highest BCUT2D eigenvalue weighted by Gasteiger charge is 2.09. The Labute approximate surface area is 121 Å². The van der Waals surface area contributed by atoms with Crippen LogP contribution in [0.5, 0.6) is 5.75 Å². The second-order valence-electron chi connectivity index (χ2n) is 4.21. The number of aliphatic hydroxyl groups is 1. The van der Waals surface area contributed by atoms with Crippen LogP contribution in [0.2, 0.25) is 0 Å². The van der Waals surface area contributed by atoms with Gasteiger partial charge in [-0.1, -0.05) is 0 Å². The molecular formula is C13H19BrN2O3. The van der Waals surface area contributed by atoms with Gasteiger partial charge in [0.25, 0.3) is 0 Å². The number of ether oxygens (including phenoxy) is 1. The molecule has 1 aromatic rings. The van der Waals surface area contributed by atoms with E-state index in [1.54, 1.807) is 25.3 Å². The molecule has 0 radical (unpaired) electrons. The predicted molar refractivity (Wildman–Crippen MR) is 78.6 cm³/mol. The molecule has 0 bridgehead atoms. The maximum atomic E-state index is 11.8. The summed E-state index contributed by atoms with van der Waals surface area (Å²) < 4.78 is 5.84. The number of nitrogens with one attached hydrogen (secondary N) is 2. The first-order chi connectivity index (χ1) is 9.06. The van der Waals surface area contributed by atoms with Crippen LogP contribution in [-0.2, 0) is 0 Å². The number of benzene rings is 1. The average molecular weight is 331 g/mol. The van der Waals surface area contributed by atoms with Gasteiger partial charge >= 0.3 is 6.03 Å². The SMILES string of the molecule is COc1ccc(NC(=O)N[C@H](C)CCCO)c(Br)c1. The standard InChI is InChI=1S/C13H19BrN2O3/c1-9(4-3-7-17)15-13(18)16-12-6-5-10(19-2)8-11(12)14/h5-6,8-9,17H,3-4,7H2,1-2H3,(H2,15,16,18)/t9-/m1/s1. The molecule has 0 saturated carbocycles. The van der Waals surface area contributed by atoms with Gasteiger partial charge in [0.1, 0.15) is 5.75 Å². The number of anilines is 1. The number of rotatable bonds is 6. The summed E-state index contributed by atoms with van der Waals surface area (Å²) >= 11 is 3.37. The zero-order valence-corrected chi connectivity index (χ0v) is 12.7. The molecule has 0 aliphatic carbocycles. The molecule has 1 atom stereocenters. The van der Waals surface area contributed by atoms with E-state index in [1.807, 2.05) is 6.92 Å². The molecule has 6 heteroatoms. The van der Waals surface area contributed by atoms with Gasteiger partial charge < -0.3 is 20.5 Å². The Bertz CT molecular complexity index is 426. The van der Waals surface area contributed by atoms with Crippen molar-refractivity contribution in [3.8, 4) is 5.75 Å². The van der Waals surface area contributed by atoms with Crippen molar-refractivity contribution in [2.24, 2.45) is 0 Å². The lowest BCUT2D eigenvalue weighted by Gasteiger charge is -2.15. The number of amides is 2. The van der Waals surface area contributed by atoms with E-state index in [-0.39, 0.29) is 18.7 Å². The fraction of sp³-hybridized carbons (Fsp3) is 0.462. The first-order valence-corrected chi connectivity index (χ1v) is 6.88. The first-order valence-electron chi connectivity index (χ1n) is 6.08. The van der Waals surface area contributed by atoms with Gasteiger partial charge in [0, 0.05) is 17.1 Å². The molecule has 0 unspecified atom stereocenters. The minimum Gasteiger partial charge on any atom is -0.497 e. The maximum absolute atomic E-state index is 11.8. The number of aliphatic hydroxyl groups excluding tert-OH is 1. The van der Waals surface area contributed by atoms with Gasteiger partial charge in [-0.05, 0) is 53.9 Å². The van der Waals surface area contributed by atoms with Gasteiger partial charge in [0.15, 0.2) is 0 Å². The summed E-state index contributed by atoms with van der Waals surface area (Å²) in [4.78, 5) is 11.8. The Morgan fingerprint density at radius 1 is 1.53 bits per heavy atom. The second-order valence-corrected chi connectivity index (χ2v) is 5.07. The molecule has 0 heterocycles. The van der Waals surface area contributed by atoms with E-state index in [9.17, 15) is 4.79 Å². The summed E-state index contributed by atoms with van der Waals surface area (Å²) in [6, 6.07) is 5.07. The highest BCUT2D eigenvalue weighted by atomic mass is 79.9. The molecule has 2 amide bonds. The lowest BCUT2D eigenvalue weighted by molar-refractivity contribution is 0.245. The van der Waals surface area contributed by atoms with E-state index in [0.29, 0.717) is 17.9 Å². The first kappa shape index (κ1) is 15.8. The maximum Gasteiger partial charge on any atom is 0.319 e. The molecule has 3 N–H and O–H groups in total. The molecule has 0 aliphatic rings. The summed E-state index contributed by atoms with van der Waals surface area (Å²) in [7, 11) is 1.59. The molecule has 0 spiro atoms.